The Balaban J connectivity index is 2.83. The van der Waals surface area contributed by atoms with E-state index in [0.29, 0.717) is 12.8 Å². The molecule has 1 rings (SSSR count). The lowest BCUT2D eigenvalue weighted by Crippen LogP contribution is -2.39. The third-order valence-electron chi connectivity index (χ3n) is 2.64. The van der Waals surface area contributed by atoms with Gasteiger partial charge in [0, 0.05) is 6.54 Å². The van der Waals surface area contributed by atoms with Crippen molar-refractivity contribution < 1.29 is 9.90 Å². The van der Waals surface area contributed by atoms with Crippen molar-refractivity contribution in [3.05, 3.63) is 22.4 Å². The van der Waals surface area contributed by atoms with Gasteiger partial charge in [0.15, 0.2) is 0 Å². The van der Waals surface area contributed by atoms with Crippen LogP contribution in [0.15, 0.2) is 16.8 Å². The minimum absolute atomic E-state index is 0.189. The molecule has 4 heteroatoms. The molecule has 0 radical (unpaired) electrons. The highest BCUT2D eigenvalue weighted by atomic mass is 32.1. The molecule has 1 atom stereocenters. The Morgan fingerprint density at radius 3 is 2.79 bits per heavy atom. The van der Waals surface area contributed by atoms with Crippen LogP contribution in [-0.2, 0) is 11.2 Å². The van der Waals surface area contributed by atoms with Crippen molar-refractivity contribution >= 4 is 17.3 Å². The van der Waals surface area contributed by atoms with Gasteiger partial charge in [-0.25, -0.2) is 0 Å². The minimum atomic E-state index is -0.797. The second kappa shape index (κ2) is 4.57. The Bertz CT molecular complexity index is 291. The molecule has 78 valence electrons. The molecule has 0 aliphatic rings. The fourth-order valence-electron chi connectivity index (χ4n) is 1.44. The first-order valence-corrected chi connectivity index (χ1v) is 5.53. The second-order valence-electron chi connectivity index (χ2n) is 3.45. The number of hydrogen-bond donors (Lipinski definition) is 2. The summed E-state index contributed by atoms with van der Waals surface area (Å²) in [6.45, 7) is 2.06. The molecule has 0 saturated heterocycles. The van der Waals surface area contributed by atoms with Crippen molar-refractivity contribution in [3.63, 3.8) is 0 Å². The van der Waals surface area contributed by atoms with Crippen LogP contribution < -0.4 is 5.73 Å². The largest absolute Gasteiger partial charge is 0.481 e. The van der Waals surface area contributed by atoms with Crippen LogP contribution in [0, 0.1) is 5.41 Å². The lowest BCUT2D eigenvalue weighted by molar-refractivity contribution is -0.148. The van der Waals surface area contributed by atoms with E-state index in [1.54, 1.807) is 11.3 Å². The van der Waals surface area contributed by atoms with Crippen molar-refractivity contribution in [2.24, 2.45) is 11.1 Å². The number of rotatable bonds is 5. The van der Waals surface area contributed by atoms with E-state index in [-0.39, 0.29) is 6.54 Å². The van der Waals surface area contributed by atoms with Crippen LogP contribution in [0.3, 0.4) is 0 Å². The molecule has 0 aliphatic carbocycles. The molecule has 0 aromatic carbocycles. The van der Waals surface area contributed by atoms with Crippen LogP contribution in [0.4, 0.5) is 0 Å². The van der Waals surface area contributed by atoms with Gasteiger partial charge in [0.05, 0.1) is 5.41 Å². The van der Waals surface area contributed by atoms with Gasteiger partial charge in [-0.1, -0.05) is 6.92 Å². The van der Waals surface area contributed by atoms with E-state index in [1.165, 1.54) is 0 Å². The molecule has 0 fully saturated rings. The van der Waals surface area contributed by atoms with Gasteiger partial charge in [-0.3, -0.25) is 4.79 Å². The normalized spacial score (nSPS) is 15.0. The van der Waals surface area contributed by atoms with Gasteiger partial charge in [-0.2, -0.15) is 11.3 Å². The molecule has 0 bridgehead atoms. The smallest absolute Gasteiger partial charge is 0.311 e. The number of aliphatic carboxylic acids is 1. The zero-order chi connectivity index (χ0) is 10.6. The van der Waals surface area contributed by atoms with Crippen molar-refractivity contribution in [1.82, 2.24) is 0 Å². The van der Waals surface area contributed by atoms with E-state index in [9.17, 15) is 4.79 Å². The Labute approximate surface area is 87.6 Å². The number of hydrogen-bond acceptors (Lipinski definition) is 3. The summed E-state index contributed by atoms with van der Waals surface area (Å²) in [7, 11) is 0. The fraction of sp³-hybridized carbons (Fsp3) is 0.500. The molecule has 14 heavy (non-hydrogen) atoms. The zero-order valence-corrected chi connectivity index (χ0v) is 9.01. The predicted octanol–water partition coefficient (Wildman–Crippen LogP) is 1.73. The zero-order valence-electron chi connectivity index (χ0n) is 8.19. The SMILES string of the molecule is CCC(CN)(Cc1ccsc1)C(=O)O. The van der Waals surface area contributed by atoms with Gasteiger partial charge in [0.2, 0.25) is 0 Å². The molecule has 3 nitrogen and oxygen atoms in total. The average molecular weight is 213 g/mol. The van der Waals surface area contributed by atoms with Crippen molar-refractivity contribution in [2.45, 2.75) is 19.8 Å². The van der Waals surface area contributed by atoms with E-state index < -0.39 is 11.4 Å². The van der Waals surface area contributed by atoms with E-state index in [2.05, 4.69) is 0 Å². The molecular formula is C10H15NO2S. The summed E-state index contributed by atoms with van der Waals surface area (Å²) in [4.78, 5) is 11.1. The molecule has 1 aromatic rings. The van der Waals surface area contributed by atoms with Crippen LogP contribution >= 0.6 is 11.3 Å². The maximum atomic E-state index is 11.1. The summed E-state index contributed by atoms with van der Waals surface area (Å²) in [5.41, 5.74) is 5.83. The summed E-state index contributed by atoms with van der Waals surface area (Å²) in [6, 6.07) is 1.95. The van der Waals surface area contributed by atoms with Gasteiger partial charge in [-0.05, 0) is 35.2 Å². The number of carbonyl (C=O) groups is 1. The van der Waals surface area contributed by atoms with Gasteiger partial charge in [0.1, 0.15) is 0 Å². The minimum Gasteiger partial charge on any atom is -0.481 e. The van der Waals surface area contributed by atoms with Crippen LogP contribution in [0.5, 0.6) is 0 Å². The first-order chi connectivity index (χ1) is 6.64. The molecule has 3 N–H and O–H groups in total. The third-order valence-corrected chi connectivity index (χ3v) is 3.38. The van der Waals surface area contributed by atoms with Gasteiger partial charge < -0.3 is 10.8 Å². The van der Waals surface area contributed by atoms with Crippen LogP contribution in [-0.4, -0.2) is 17.6 Å². The van der Waals surface area contributed by atoms with Crippen molar-refractivity contribution in [3.8, 4) is 0 Å². The van der Waals surface area contributed by atoms with Crippen molar-refractivity contribution in [2.75, 3.05) is 6.54 Å². The van der Waals surface area contributed by atoms with Crippen LogP contribution in [0.2, 0.25) is 0 Å². The average Bonchev–Trinajstić information content (AvgIpc) is 2.66. The quantitative estimate of drug-likeness (QED) is 0.783. The molecule has 1 heterocycles. The Kier molecular flexibility index (Phi) is 3.66. The number of thiophene rings is 1. The highest BCUT2D eigenvalue weighted by molar-refractivity contribution is 7.07. The topological polar surface area (TPSA) is 63.3 Å². The first-order valence-electron chi connectivity index (χ1n) is 4.59. The van der Waals surface area contributed by atoms with E-state index in [1.807, 2.05) is 23.8 Å². The molecule has 0 amide bonds. The Hall–Kier alpha value is -0.870. The highest BCUT2D eigenvalue weighted by Crippen LogP contribution is 2.27. The Morgan fingerprint density at radius 2 is 2.43 bits per heavy atom. The lowest BCUT2D eigenvalue weighted by Gasteiger charge is -2.25. The molecule has 0 aliphatic heterocycles. The summed E-state index contributed by atoms with van der Waals surface area (Å²) in [5, 5.41) is 13.1. The van der Waals surface area contributed by atoms with E-state index in [4.69, 9.17) is 10.8 Å². The summed E-state index contributed by atoms with van der Waals surface area (Å²) in [6.07, 6.45) is 1.09. The van der Waals surface area contributed by atoms with E-state index >= 15 is 0 Å². The van der Waals surface area contributed by atoms with Gasteiger partial charge in [0.25, 0.3) is 0 Å². The summed E-state index contributed by atoms with van der Waals surface area (Å²) in [5.74, 6) is -0.797. The maximum Gasteiger partial charge on any atom is 0.311 e. The molecule has 0 saturated carbocycles. The van der Waals surface area contributed by atoms with Crippen LogP contribution in [0.25, 0.3) is 0 Å². The maximum absolute atomic E-state index is 11.1. The molecule has 1 unspecified atom stereocenters. The number of nitrogens with two attached hydrogens (primary N) is 1. The number of carboxylic acid groups (broad SMARTS) is 1. The predicted molar refractivity (Wildman–Crippen MR) is 57.4 cm³/mol. The summed E-state index contributed by atoms with van der Waals surface area (Å²) < 4.78 is 0. The molecule has 1 aromatic heterocycles. The van der Waals surface area contributed by atoms with Gasteiger partial charge in [-0.15, -0.1) is 0 Å². The monoisotopic (exact) mass is 213 g/mol. The second-order valence-corrected chi connectivity index (χ2v) is 4.23. The Morgan fingerprint density at radius 1 is 1.71 bits per heavy atom. The fourth-order valence-corrected chi connectivity index (χ4v) is 2.11. The lowest BCUT2D eigenvalue weighted by atomic mass is 9.80. The highest BCUT2D eigenvalue weighted by Gasteiger charge is 2.35. The summed E-state index contributed by atoms with van der Waals surface area (Å²) >= 11 is 1.58. The first kappa shape index (κ1) is 11.2. The number of carboxylic acids is 1. The molecular weight excluding hydrogens is 198 g/mol. The van der Waals surface area contributed by atoms with Crippen LogP contribution in [0.1, 0.15) is 18.9 Å². The molecule has 0 spiro atoms. The van der Waals surface area contributed by atoms with Crippen molar-refractivity contribution in [1.29, 1.82) is 0 Å². The van der Waals surface area contributed by atoms with E-state index in [0.717, 1.165) is 5.56 Å². The van der Waals surface area contributed by atoms with Gasteiger partial charge >= 0.3 is 5.97 Å². The standard InChI is InChI=1S/C10H15NO2S/c1-2-10(7-11,9(12)13)5-8-3-4-14-6-8/h3-4,6H,2,5,7,11H2,1H3,(H,12,13). The third kappa shape index (κ3) is 2.13.